The smallest absolute Gasteiger partial charge is 0.258 e. The topological polar surface area (TPSA) is 57.8 Å². The molecule has 2 rings (SSSR count). The predicted molar refractivity (Wildman–Crippen MR) is 78.8 cm³/mol. The van der Waals surface area contributed by atoms with Gasteiger partial charge in [0.1, 0.15) is 5.65 Å². The van der Waals surface area contributed by atoms with Crippen molar-refractivity contribution in [3.63, 3.8) is 0 Å². The fourth-order valence-corrected chi connectivity index (χ4v) is 2.10. The molecular weight excluding hydrogens is 254 g/mol. The zero-order valence-electron chi connectivity index (χ0n) is 12.2. The number of nitrogens with zero attached hydrogens (tertiary/aromatic N) is 3. The summed E-state index contributed by atoms with van der Waals surface area (Å²) in [4.78, 5) is 18.6. The van der Waals surface area contributed by atoms with Crippen LogP contribution in [-0.2, 0) is 6.54 Å². The first-order valence-electron chi connectivity index (χ1n) is 6.81. The average Bonchev–Trinajstić information content (AvgIpc) is 2.37. The van der Waals surface area contributed by atoms with E-state index < -0.39 is 0 Å². The van der Waals surface area contributed by atoms with Gasteiger partial charge in [0.05, 0.1) is 11.8 Å². The molecule has 1 N–H and O–H groups in total. The largest absolute Gasteiger partial charge is 0.393 e. The van der Waals surface area contributed by atoms with E-state index in [1.54, 1.807) is 23.6 Å². The summed E-state index contributed by atoms with van der Waals surface area (Å²) in [5.74, 6) is 0. The first-order valence-corrected chi connectivity index (χ1v) is 6.81. The number of aryl methyl sites for hydroxylation is 1. The molecule has 1 unspecified atom stereocenters. The van der Waals surface area contributed by atoms with Crippen molar-refractivity contribution in [3.05, 3.63) is 46.0 Å². The Kier molecular flexibility index (Phi) is 4.52. The van der Waals surface area contributed by atoms with Crippen LogP contribution in [0, 0.1) is 6.92 Å². The second-order valence-electron chi connectivity index (χ2n) is 5.40. The van der Waals surface area contributed by atoms with Crippen LogP contribution in [0.4, 0.5) is 0 Å². The van der Waals surface area contributed by atoms with Crippen molar-refractivity contribution in [3.8, 4) is 0 Å². The Morgan fingerprint density at radius 1 is 1.45 bits per heavy atom. The van der Waals surface area contributed by atoms with Gasteiger partial charge in [0.25, 0.3) is 5.56 Å². The fourth-order valence-electron chi connectivity index (χ4n) is 2.10. The Morgan fingerprint density at radius 3 is 2.90 bits per heavy atom. The van der Waals surface area contributed by atoms with Crippen molar-refractivity contribution in [2.75, 3.05) is 13.6 Å². The Labute approximate surface area is 118 Å². The molecule has 20 heavy (non-hydrogen) atoms. The lowest BCUT2D eigenvalue weighted by Crippen LogP contribution is -2.24. The Hall–Kier alpha value is -1.72. The molecule has 2 aromatic heterocycles. The molecule has 0 bridgehead atoms. The third-order valence-electron chi connectivity index (χ3n) is 3.22. The molecule has 0 saturated heterocycles. The van der Waals surface area contributed by atoms with E-state index in [1.807, 2.05) is 26.1 Å². The van der Waals surface area contributed by atoms with Crippen LogP contribution >= 0.6 is 0 Å². The number of hydrogen-bond donors (Lipinski definition) is 1. The normalized spacial score (nSPS) is 13.1. The first-order chi connectivity index (χ1) is 9.45. The van der Waals surface area contributed by atoms with Crippen molar-refractivity contribution >= 4 is 5.65 Å². The Bertz CT molecular complexity index is 649. The summed E-state index contributed by atoms with van der Waals surface area (Å²) < 4.78 is 1.56. The lowest BCUT2D eigenvalue weighted by atomic mass is 10.2. The van der Waals surface area contributed by atoms with Crippen LogP contribution in [-0.4, -0.2) is 39.1 Å². The molecule has 0 amide bonds. The molecule has 2 heterocycles. The molecule has 5 nitrogen and oxygen atoms in total. The van der Waals surface area contributed by atoms with Gasteiger partial charge in [0.15, 0.2) is 0 Å². The van der Waals surface area contributed by atoms with Crippen LogP contribution in [0.3, 0.4) is 0 Å². The van der Waals surface area contributed by atoms with Crippen LogP contribution in [0.15, 0.2) is 29.2 Å². The van der Waals surface area contributed by atoms with Gasteiger partial charge >= 0.3 is 0 Å². The van der Waals surface area contributed by atoms with Crippen LogP contribution in [0.2, 0.25) is 0 Å². The lowest BCUT2D eigenvalue weighted by molar-refractivity contribution is 0.162. The molecule has 0 aliphatic rings. The summed E-state index contributed by atoms with van der Waals surface area (Å²) in [5, 5.41) is 9.28. The molecular formula is C15H21N3O2. The maximum Gasteiger partial charge on any atom is 0.258 e. The zero-order valence-corrected chi connectivity index (χ0v) is 12.2. The molecule has 0 aromatic carbocycles. The van der Waals surface area contributed by atoms with E-state index in [2.05, 4.69) is 9.88 Å². The van der Waals surface area contributed by atoms with E-state index in [0.29, 0.717) is 18.6 Å². The third kappa shape index (κ3) is 3.65. The summed E-state index contributed by atoms with van der Waals surface area (Å²) >= 11 is 0. The number of aromatic nitrogens is 2. The number of rotatable bonds is 5. The number of hydrogen-bond acceptors (Lipinski definition) is 4. The Balaban J connectivity index is 2.19. The van der Waals surface area contributed by atoms with Crippen LogP contribution in [0.5, 0.6) is 0 Å². The summed E-state index contributed by atoms with van der Waals surface area (Å²) in [6.07, 6.45) is 2.20. The van der Waals surface area contributed by atoms with Crippen molar-refractivity contribution in [1.29, 1.82) is 0 Å². The minimum atomic E-state index is -0.310. The van der Waals surface area contributed by atoms with Crippen molar-refractivity contribution in [2.24, 2.45) is 0 Å². The average molecular weight is 275 g/mol. The van der Waals surface area contributed by atoms with E-state index in [1.165, 1.54) is 0 Å². The summed E-state index contributed by atoms with van der Waals surface area (Å²) in [7, 11) is 1.96. The Morgan fingerprint density at radius 2 is 2.20 bits per heavy atom. The number of fused-ring (bicyclic) bond motifs is 1. The molecule has 0 aliphatic carbocycles. The van der Waals surface area contributed by atoms with Crippen molar-refractivity contribution < 1.29 is 5.11 Å². The summed E-state index contributed by atoms with van der Waals surface area (Å²) in [6, 6.07) is 5.38. The van der Waals surface area contributed by atoms with Gasteiger partial charge in [-0.3, -0.25) is 9.20 Å². The highest BCUT2D eigenvalue weighted by Crippen LogP contribution is 2.05. The van der Waals surface area contributed by atoms with Crippen LogP contribution < -0.4 is 5.56 Å². The maximum absolute atomic E-state index is 12.1. The summed E-state index contributed by atoms with van der Waals surface area (Å²) in [6.45, 7) is 5.10. The minimum Gasteiger partial charge on any atom is -0.393 e. The monoisotopic (exact) mass is 275 g/mol. The minimum absolute atomic E-state index is 0.0578. The van der Waals surface area contributed by atoms with E-state index >= 15 is 0 Å². The van der Waals surface area contributed by atoms with Gasteiger partial charge in [-0.2, -0.15) is 0 Å². The highest BCUT2D eigenvalue weighted by atomic mass is 16.3. The highest BCUT2D eigenvalue weighted by molar-refractivity contribution is 5.39. The van der Waals surface area contributed by atoms with Crippen LogP contribution in [0.25, 0.3) is 5.65 Å². The first kappa shape index (κ1) is 14.7. The maximum atomic E-state index is 12.1. The molecule has 0 aliphatic heterocycles. The predicted octanol–water partition coefficient (Wildman–Crippen LogP) is 1.21. The molecule has 108 valence electrons. The number of pyridine rings is 1. The fraction of sp³-hybridized carbons (Fsp3) is 0.467. The lowest BCUT2D eigenvalue weighted by Gasteiger charge is -2.17. The number of aliphatic hydroxyl groups is 1. The van der Waals surface area contributed by atoms with E-state index in [0.717, 1.165) is 17.8 Å². The van der Waals surface area contributed by atoms with E-state index in [9.17, 15) is 9.90 Å². The number of aliphatic hydroxyl groups excluding tert-OH is 1. The quantitative estimate of drug-likeness (QED) is 0.891. The van der Waals surface area contributed by atoms with Gasteiger partial charge in [-0.25, -0.2) is 4.98 Å². The second kappa shape index (κ2) is 6.15. The van der Waals surface area contributed by atoms with Crippen molar-refractivity contribution in [2.45, 2.75) is 32.9 Å². The molecule has 2 aromatic rings. The zero-order chi connectivity index (χ0) is 14.7. The SMILES string of the molecule is Cc1ccc2nc(CN(C)CCC(C)O)cc(=O)n2c1. The van der Waals surface area contributed by atoms with Gasteiger partial charge in [-0.1, -0.05) is 6.07 Å². The van der Waals surface area contributed by atoms with Gasteiger partial charge in [0.2, 0.25) is 0 Å². The molecule has 0 saturated carbocycles. The van der Waals surface area contributed by atoms with Gasteiger partial charge in [0, 0.05) is 25.4 Å². The molecule has 5 heteroatoms. The van der Waals surface area contributed by atoms with E-state index in [-0.39, 0.29) is 11.7 Å². The summed E-state index contributed by atoms with van der Waals surface area (Å²) in [5.41, 5.74) is 2.40. The molecule has 0 radical (unpaired) electrons. The standard InChI is InChI=1S/C15H21N3O2/c1-11-4-5-14-16-13(8-15(20)18(14)9-11)10-17(3)7-6-12(2)19/h4-5,8-9,12,19H,6-7,10H2,1-3H3. The molecule has 0 fully saturated rings. The van der Waals surface area contributed by atoms with E-state index in [4.69, 9.17) is 0 Å². The van der Waals surface area contributed by atoms with Gasteiger partial charge < -0.3 is 10.0 Å². The second-order valence-corrected chi connectivity index (χ2v) is 5.40. The van der Waals surface area contributed by atoms with Gasteiger partial charge in [-0.15, -0.1) is 0 Å². The molecule has 1 atom stereocenters. The highest BCUT2D eigenvalue weighted by Gasteiger charge is 2.06. The molecule has 0 spiro atoms. The van der Waals surface area contributed by atoms with Gasteiger partial charge in [-0.05, 0) is 38.9 Å². The van der Waals surface area contributed by atoms with Crippen molar-refractivity contribution in [1.82, 2.24) is 14.3 Å². The third-order valence-corrected chi connectivity index (χ3v) is 3.22. The van der Waals surface area contributed by atoms with Crippen LogP contribution in [0.1, 0.15) is 24.6 Å².